The van der Waals surface area contributed by atoms with Crippen molar-refractivity contribution in [1.82, 2.24) is 14.7 Å². The van der Waals surface area contributed by atoms with E-state index in [9.17, 15) is 4.79 Å². The van der Waals surface area contributed by atoms with E-state index >= 15 is 0 Å². The van der Waals surface area contributed by atoms with Crippen molar-refractivity contribution in [2.75, 3.05) is 59.1 Å². The molecule has 26 heavy (non-hydrogen) atoms. The summed E-state index contributed by atoms with van der Waals surface area (Å²) in [5.74, 6) is 0.794. The molecule has 0 aromatic heterocycles. The summed E-state index contributed by atoms with van der Waals surface area (Å²) in [4.78, 5) is 19.1. The average Bonchev–Trinajstić information content (AvgIpc) is 3.16. The number of nitrogens with zero attached hydrogens (tertiary/aromatic N) is 3. The van der Waals surface area contributed by atoms with Gasteiger partial charge in [0.25, 0.3) is 5.91 Å². The first-order chi connectivity index (χ1) is 12.8. The molecule has 3 aliphatic rings. The normalized spacial score (nSPS) is 24.5. The van der Waals surface area contributed by atoms with E-state index in [1.54, 1.807) is 4.90 Å². The van der Waals surface area contributed by atoms with Gasteiger partial charge >= 0.3 is 0 Å². The quantitative estimate of drug-likeness (QED) is 0.791. The second kappa shape index (κ2) is 8.37. The fraction of sp³-hybridized carbons (Fsp3) is 0.650. The zero-order valence-electron chi connectivity index (χ0n) is 15.4. The average molecular weight is 359 g/mol. The molecular formula is C20H29N3O3. The van der Waals surface area contributed by atoms with Crippen molar-refractivity contribution >= 4 is 5.91 Å². The molecule has 3 aliphatic heterocycles. The fourth-order valence-electron chi connectivity index (χ4n) is 4.20. The molecule has 0 N–H and O–H groups in total. The summed E-state index contributed by atoms with van der Waals surface area (Å²) in [7, 11) is 0. The van der Waals surface area contributed by atoms with Crippen molar-refractivity contribution in [3.8, 4) is 5.75 Å². The van der Waals surface area contributed by atoms with Crippen molar-refractivity contribution in [1.29, 1.82) is 0 Å². The summed E-state index contributed by atoms with van der Waals surface area (Å²) in [6, 6.07) is 8.96. The Labute approximate surface area is 155 Å². The van der Waals surface area contributed by atoms with Gasteiger partial charge in [-0.15, -0.1) is 0 Å². The Balaban J connectivity index is 1.23. The summed E-state index contributed by atoms with van der Waals surface area (Å²) in [6.07, 6.45) is 2.70. The minimum absolute atomic E-state index is 0.0341. The van der Waals surface area contributed by atoms with Crippen LogP contribution in [0.1, 0.15) is 18.4 Å². The lowest BCUT2D eigenvalue weighted by Gasteiger charge is -2.37. The number of morpholine rings is 1. The van der Waals surface area contributed by atoms with Gasteiger partial charge in [-0.1, -0.05) is 12.1 Å². The Bertz CT molecular complexity index is 601. The molecule has 3 fully saturated rings. The standard InChI is InChI=1S/C20H29N3O3/c24-20(23-10-12-25-13-11-23)16-26-19-5-3-17(4-6-19)14-21-8-9-22-7-1-2-18(22)15-21/h3-6,18H,1-2,7-16H2/t18-/m0/s1. The van der Waals surface area contributed by atoms with E-state index in [-0.39, 0.29) is 12.5 Å². The minimum Gasteiger partial charge on any atom is -0.484 e. The molecule has 1 aromatic carbocycles. The molecule has 4 rings (SSSR count). The SMILES string of the molecule is O=C(COc1ccc(CN2CCN3CCC[C@H]3C2)cc1)N1CCOCC1. The summed E-state index contributed by atoms with van der Waals surface area (Å²) < 4.78 is 10.9. The van der Waals surface area contributed by atoms with E-state index in [0.29, 0.717) is 26.3 Å². The largest absolute Gasteiger partial charge is 0.484 e. The number of ether oxygens (including phenoxy) is 2. The molecule has 0 radical (unpaired) electrons. The maximum Gasteiger partial charge on any atom is 0.260 e. The topological polar surface area (TPSA) is 45.2 Å². The minimum atomic E-state index is 0.0341. The van der Waals surface area contributed by atoms with Crippen LogP contribution in [0, 0.1) is 0 Å². The number of piperazine rings is 1. The van der Waals surface area contributed by atoms with Crippen LogP contribution >= 0.6 is 0 Å². The van der Waals surface area contributed by atoms with Crippen LogP contribution in [-0.4, -0.2) is 85.7 Å². The number of rotatable bonds is 5. The van der Waals surface area contributed by atoms with Gasteiger partial charge in [0.15, 0.2) is 6.61 Å². The van der Waals surface area contributed by atoms with Crippen molar-refractivity contribution in [3.05, 3.63) is 29.8 Å². The van der Waals surface area contributed by atoms with Crippen LogP contribution in [0.25, 0.3) is 0 Å². The molecule has 3 heterocycles. The van der Waals surface area contributed by atoms with E-state index in [0.717, 1.165) is 24.9 Å². The Morgan fingerprint density at radius 1 is 1.08 bits per heavy atom. The third-order valence-electron chi connectivity index (χ3n) is 5.73. The maximum absolute atomic E-state index is 12.1. The first-order valence-corrected chi connectivity index (χ1v) is 9.81. The fourth-order valence-corrected chi connectivity index (χ4v) is 4.20. The number of hydrogen-bond donors (Lipinski definition) is 0. The monoisotopic (exact) mass is 359 g/mol. The Morgan fingerprint density at radius 3 is 2.69 bits per heavy atom. The van der Waals surface area contributed by atoms with Crippen LogP contribution < -0.4 is 4.74 Å². The molecule has 0 aliphatic carbocycles. The number of fused-ring (bicyclic) bond motifs is 1. The van der Waals surface area contributed by atoms with Gasteiger partial charge in [0.2, 0.25) is 0 Å². The van der Waals surface area contributed by atoms with Gasteiger partial charge in [-0.2, -0.15) is 0 Å². The molecule has 6 heteroatoms. The lowest BCUT2D eigenvalue weighted by Crippen LogP contribution is -2.49. The zero-order chi connectivity index (χ0) is 17.8. The first kappa shape index (κ1) is 17.8. The van der Waals surface area contributed by atoms with E-state index in [2.05, 4.69) is 21.9 Å². The highest BCUT2D eigenvalue weighted by atomic mass is 16.5. The second-order valence-corrected chi connectivity index (χ2v) is 7.49. The second-order valence-electron chi connectivity index (χ2n) is 7.49. The maximum atomic E-state index is 12.1. The van der Waals surface area contributed by atoms with Gasteiger partial charge in [0.05, 0.1) is 13.2 Å². The molecule has 1 amide bonds. The third kappa shape index (κ3) is 4.37. The molecule has 0 spiro atoms. The van der Waals surface area contributed by atoms with Crippen LogP contribution in [-0.2, 0) is 16.1 Å². The van der Waals surface area contributed by atoms with Gasteiger partial charge < -0.3 is 14.4 Å². The molecule has 1 aromatic rings. The predicted octanol–water partition coefficient (Wildman–Crippen LogP) is 1.20. The molecule has 1 atom stereocenters. The molecule has 3 saturated heterocycles. The number of amides is 1. The van der Waals surface area contributed by atoms with E-state index in [1.807, 2.05) is 12.1 Å². The van der Waals surface area contributed by atoms with Crippen LogP contribution in [0.4, 0.5) is 0 Å². The number of benzene rings is 1. The lowest BCUT2D eigenvalue weighted by molar-refractivity contribution is -0.137. The van der Waals surface area contributed by atoms with Crippen molar-refractivity contribution in [2.24, 2.45) is 0 Å². The Kier molecular flexibility index (Phi) is 5.72. The zero-order valence-corrected chi connectivity index (χ0v) is 15.4. The predicted molar refractivity (Wildman–Crippen MR) is 99.2 cm³/mol. The molecule has 0 saturated carbocycles. The number of carbonyl (C=O) groups is 1. The van der Waals surface area contributed by atoms with Gasteiger partial charge in [0, 0.05) is 45.3 Å². The summed E-state index contributed by atoms with van der Waals surface area (Å²) in [5, 5.41) is 0. The molecule has 6 nitrogen and oxygen atoms in total. The number of hydrogen-bond acceptors (Lipinski definition) is 5. The Morgan fingerprint density at radius 2 is 1.88 bits per heavy atom. The summed E-state index contributed by atoms with van der Waals surface area (Å²) in [5.41, 5.74) is 1.31. The van der Waals surface area contributed by atoms with Gasteiger partial charge in [0.1, 0.15) is 5.75 Å². The van der Waals surface area contributed by atoms with Crippen LogP contribution in [0.3, 0.4) is 0 Å². The van der Waals surface area contributed by atoms with Crippen molar-refractivity contribution < 1.29 is 14.3 Å². The molecular weight excluding hydrogens is 330 g/mol. The third-order valence-corrected chi connectivity index (χ3v) is 5.73. The van der Waals surface area contributed by atoms with Crippen LogP contribution in [0.5, 0.6) is 5.75 Å². The summed E-state index contributed by atoms with van der Waals surface area (Å²) in [6.45, 7) is 8.49. The van der Waals surface area contributed by atoms with E-state index in [4.69, 9.17) is 9.47 Å². The molecule has 0 bridgehead atoms. The van der Waals surface area contributed by atoms with Crippen LogP contribution in [0.2, 0.25) is 0 Å². The number of carbonyl (C=O) groups excluding carboxylic acids is 1. The van der Waals surface area contributed by atoms with Crippen LogP contribution in [0.15, 0.2) is 24.3 Å². The van der Waals surface area contributed by atoms with Gasteiger partial charge in [-0.3, -0.25) is 14.6 Å². The van der Waals surface area contributed by atoms with Crippen molar-refractivity contribution in [2.45, 2.75) is 25.4 Å². The van der Waals surface area contributed by atoms with Crippen molar-refractivity contribution in [3.63, 3.8) is 0 Å². The highest BCUT2D eigenvalue weighted by Crippen LogP contribution is 2.23. The van der Waals surface area contributed by atoms with E-state index in [1.165, 1.54) is 38.0 Å². The first-order valence-electron chi connectivity index (χ1n) is 9.81. The highest BCUT2D eigenvalue weighted by Gasteiger charge is 2.30. The van der Waals surface area contributed by atoms with Gasteiger partial charge in [-0.05, 0) is 37.1 Å². The van der Waals surface area contributed by atoms with Gasteiger partial charge in [-0.25, -0.2) is 0 Å². The molecule has 0 unspecified atom stereocenters. The highest BCUT2D eigenvalue weighted by molar-refractivity contribution is 5.77. The Hall–Kier alpha value is -1.63. The lowest BCUT2D eigenvalue weighted by atomic mass is 10.1. The molecule has 142 valence electrons. The smallest absolute Gasteiger partial charge is 0.260 e. The summed E-state index contributed by atoms with van der Waals surface area (Å²) >= 11 is 0. The van der Waals surface area contributed by atoms with E-state index < -0.39 is 0 Å².